The molecule has 0 bridgehead atoms. The van der Waals surface area contributed by atoms with Gasteiger partial charge in [0.2, 0.25) is 0 Å². The van der Waals surface area contributed by atoms with Crippen LogP contribution in [0.2, 0.25) is 0 Å². The summed E-state index contributed by atoms with van der Waals surface area (Å²) in [6.45, 7) is 4.64. The number of H-pyrrole nitrogens is 1. The number of aliphatic hydroxyl groups excluding tert-OH is 1. The summed E-state index contributed by atoms with van der Waals surface area (Å²) in [6, 6.07) is 0. The number of aromatic amines is 1. The summed E-state index contributed by atoms with van der Waals surface area (Å²) >= 11 is 0. The van der Waals surface area contributed by atoms with Crippen molar-refractivity contribution < 1.29 is 14.9 Å². The maximum absolute atomic E-state index is 11.7. The predicted molar refractivity (Wildman–Crippen MR) is 66.9 cm³/mol. The summed E-state index contributed by atoms with van der Waals surface area (Å²) in [5.41, 5.74) is -1.87. The van der Waals surface area contributed by atoms with Crippen LogP contribution in [0.4, 0.5) is 0 Å². The van der Waals surface area contributed by atoms with Crippen molar-refractivity contribution in [3.63, 3.8) is 0 Å². The molecule has 3 atom stereocenters. The van der Waals surface area contributed by atoms with E-state index in [-0.39, 0.29) is 6.42 Å². The van der Waals surface area contributed by atoms with E-state index in [4.69, 9.17) is 4.74 Å². The number of aryl methyl sites for hydroxylation is 1. The van der Waals surface area contributed by atoms with Crippen LogP contribution in [-0.2, 0) is 4.74 Å². The Morgan fingerprint density at radius 3 is 2.63 bits per heavy atom. The van der Waals surface area contributed by atoms with Gasteiger partial charge in [0, 0.05) is 18.2 Å². The molecule has 1 aliphatic rings. The molecule has 19 heavy (non-hydrogen) atoms. The minimum absolute atomic E-state index is 0.181. The van der Waals surface area contributed by atoms with Crippen LogP contribution in [0.25, 0.3) is 0 Å². The summed E-state index contributed by atoms with van der Waals surface area (Å²) in [7, 11) is 0. The van der Waals surface area contributed by atoms with Crippen LogP contribution in [-0.4, -0.2) is 37.6 Å². The highest BCUT2D eigenvalue weighted by molar-refractivity contribution is 5.02. The van der Waals surface area contributed by atoms with Gasteiger partial charge in [0.1, 0.15) is 12.3 Å². The third kappa shape index (κ3) is 2.63. The molecule has 0 aliphatic carbocycles. The number of rotatable bonds is 2. The summed E-state index contributed by atoms with van der Waals surface area (Å²) in [5.74, 6) is 0. The molecule has 0 aromatic carbocycles. The second kappa shape index (κ2) is 4.59. The maximum atomic E-state index is 11.7. The van der Waals surface area contributed by atoms with Gasteiger partial charge in [-0.15, -0.1) is 0 Å². The lowest BCUT2D eigenvalue weighted by Crippen LogP contribution is -2.42. The molecular formula is C12H18N2O5. The lowest BCUT2D eigenvalue weighted by Gasteiger charge is -2.27. The van der Waals surface area contributed by atoms with Crippen LogP contribution >= 0.6 is 0 Å². The lowest BCUT2D eigenvalue weighted by atomic mass is 9.97. The van der Waals surface area contributed by atoms with Crippen molar-refractivity contribution in [3.05, 3.63) is 32.6 Å². The average molecular weight is 270 g/mol. The van der Waals surface area contributed by atoms with Crippen LogP contribution < -0.4 is 11.2 Å². The molecule has 0 radical (unpaired) electrons. The van der Waals surface area contributed by atoms with E-state index >= 15 is 0 Å². The van der Waals surface area contributed by atoms with E-state index in [1.54, 1.807) is 6.92 Å². The zero-order chi connectivity index (χ0) is 14.4. The number of nitrogens with zero attached hydrogens (tertiary/aromatic N) is 1. The van der Waals surface area contributed by atoms with Gasteiger partial charge in [-0.25, -0.2) is 4.79 Å². The van der Waals surface area contributed by atoms with E-state index in [9.17, 15) is 19.8 Å². The van der Waals surface area contributed by atoms with Gasteiger partial charge < -0.3 is 14.9 Å². The highest BCUT2D eigenvalue weighted by Crippen LogP contribution is 2.33. The van der Waals surface area contributed by atoms with Crippen LogP contribution in [0, 0.1) is 6.92 Å². The van der Waals surface area contributed by atoms with Gasteiger partial charge in [0.05, 0.1) is 11.7 Å². The fourth-order valence-electron chi connectivity index (χ4n) is 2.26. The van der Waals surface area contributed by atoms with Crippen LogP contribution in [0.3, 0.4) is 0 Å². The molecule has 1 unspecified atom stereocenters. The highest BCUT2D eigenvalue weighted by Gasteiger charge is 2.43. The Morgan fingerprint density at radius 2 is 2.11 bits per heavy atom. The molecule has 1 saturated heterocycles. The number of aromatic nitrogens is 2. The van der Waals surface area contributed by atoms with Gasteiger partial charge >= 0.3 is 5.69 Å². The normalized spacial score (nSPS) is 27.7. The third-order valence-electron chi connectivity index (χ3n) is 3.25. The minimum Gasteiger partial charge on any atom is -0.390 e. The Kier molecular flexibility index (Phi) is 3.38. The second-order valence-electron chi connectivity index (χ2n) is 5.45. The Bertz CT molecular complexity index is 583. The number of aliphatic hydroxyl groups is 2. The fourth-order valence-corrected chi connectivity index (χ4v) is 2.26. The summed E-state index contributed by atoms with van der Waals surface area (Å²) < 4.78 is 6.77. The van der Waals surface area contributed by atoms with Gasteiger partial charge in [-0.1, -0.05) is 0 Å². The van der Waals surface area contributed by atoms with E-state index in [1.807, 2.05) is 0 Å². The van der Waals surface area contributed by atoms with Gasteiger partial charge in [0.15, 0.2) is 0 Å². The second-order valence-corrected chi connectivity index (χ2v) is 5.45. The van der Waals surface area contributed by atoms with Crippen molar-refractivity contribution >= 4 is 0 Å². The first kappa shape index (κ1) is 14.0. The molecule has 1 aromatic rings. The Morgan fingerprint density at radius 1 is 1.47 bits per heavy atom. The molecule has 1 aromatic heterocycles. The van der Waals surface area contributed by atoms with Crippen LogP contribution in [0.15, 0.2) is 15.8 Å². The van der Waals surface area contributed by atoms with Crippen molar-refractivity contribution in [1.29, 1.82) is 0 Å². The van der Waals surface area contributed by atoms with E-state index in [0.717, 1.165) is 0 Å². The fraction of sp³-hybridized carbons (Fsp3) is 0.667. The highest BCUT2D eigenvalue weighted by atomic mass is 16.5. The Hall–Kier alpha value is -1.44. The lowest BCUT2D eigenvalue weighted by molar-refractivity contribution is -0.123. The summed E-state index contributed by atoms with van der Waals surface area (Å²) in [4.78, 5) is 25.2. The van der Waals surface area contributed by atoms with E-state index in [0.29, 0.717) is 5.56 Å². The quantitative estimate of drug-likeness (QED) is 0.657. The smallest absolute Gasteiger partial charge is 0.330 e. The number of hydrogen-bond donors (Lipinski definition) is 3. The molecule has 7 heteroatoms. The zero-order valence-corrected chi connectivity index (χ0v) is 11.1. The largest absolute Gasteiger partial charge is 0.390 e. The Balaban J connectivity index is 2.33. The molecule has 1 aliphatic heterocycles. The maximum Gasteiger partial charge on any atom is 0.330 e. The summed E-state index contributed by atoms with van der Waals surface area (Å²) in [5, 5.41) is 19.8. The van der Waals surface area contributed by atoms with E-state index < -0.39 is 35.3 Å². The van der Waals surface area contributed by atoms with E-state index in [1.165, 1.54) is 24.6 Å². The van der Waals surface area contributed by atoms with Crippen molar-refractivity contribution in [2.75, 3.05) is 0 Å². The zero-order valence-electron chi connectivity index (χ0n) is 11.1. The van der Waals surface area contributed by atoms with Crippen molar-refractivity contribution in [1.82, 2.24) is 9.55 Å². The molecular weight excluding hydrogens is 252 g/mol. The summed E-state index contributed by atoms with van der Waals surface area (Å²) in [6.07, 6.45) is -0.777. The van der Waals surface area contributed by atoms with Gasteiger partial charge in [-0.2, -0.15) is 0 Å². The molecule has 0 amide bonds. The van der Waals surface area contributed by atoms with Crippen molar-refractivity contribution in [3.8, 4) is 0 Å². The first-order valence-electron chi connectivity index (χ1n) is 6.08. The molecule has 0 saturated carbocycles. The van der Waals surface area contributed by atoms with Crippen molar-refractivity contribution in [2.45, 2.75) is 51.2 Å². The van der Waals surface area contributed by atoms with Gasteiger partial charge in [-0.3, -0.25) is 14.3 Å². The van der Waals surface area contributed by atoms with Crippen LogP contribution in [0.1, 0.15) is 32.1 Å². The molecule has 7 nitrogen and oxygen atoms in total. The third-order valence-corrected chi connectivity index (χ3v) is 3.25. The molecule has 0 spiro atoms. The number of hydrogen-bond acceptors (Lipinski definition) is 5. The SMILES string of the molecule is Cc1cn([C@H]2C[C@@H](O)C(C(C)(C)O)O2)c(=O)[nH]c1=O. The average Bonchev–Trinajstić information content (AvgIpc) is 2.65. The molecule has 2 rings (SSSR count). The minimum atomic E-state index is -1.21. The molecule has 1 fully saturated rings. The first-order chi connectivity index (χ1) is 8.70. The molecule has 3 N–H and O–H groups in total. The van der Waals surface area contributed by atoms with Gasteiger partial charge in [0.25, 0.3) is 5.56 Å². The first-order valence-corrected chi connectivity index (χ1v) is 6.08. The standard InChI is InChI=1S/C12H18N2O5/c1-6-5-14(11(17)13-10(6)16)8-4-7(15)9(19-8)12(2,3)18/h5,7-9,15,18H,4H2,1-3H3,(H,13,16,17)/t7-,8-,9?/m1/s1. The molecule has 106 valence electrons. The molecule has 2 heterocycles. The number of nitrogens with one attached hydrogen (secondary N) is 1. The topological polar surface area (TPSA) is 105 Å². The van der Waals surface area contributed by atoms with Crippen LogP contribution in [0.5, 0.6) is 0 Å². The van der Waals surface area contributed by atoms with Gasteiger partial charge in [-0.05, 0) is 20.8 Å². The van der Waals surface area contributed by atoms with Crippen molar-refractivity contribution in [2.24, 2.45) is 0 Å². The Labute approximate surface area is 109 Å². The monoisotopic (exact) mass is 270 g/mol. The van der Waals surface area contributed by atoms with E-state index in [2.05, 4.69) is 4.98 Å². The number of ether oxygens (including phenoxy) is 1. The predicted octanol–water partition coefficient (Wildman–Crippen LogP) is -0.736.